The molecule has 0 bridgehead atoms. The average molecular weight is 968 g/mol. The number of phenols is 1. The molecule has 12 nitrogen and oxygen atoms in total. The number of ether oxygens (including phenoxy) is 1. The first-order valence-corrected chi connectivity index (χ1v) is 26.8. The molecule has 11 atom stereocenters. The minimum atomic E-state index is -0.915. The Morgan fingerprint density at radius 2 is 1.79 bits per heavy atom. The molecule has 12 heteroatoms. The highest BCUT2D eigenvalue weighted by Gasteiger charge is 2.42. The van der Waals surface area contributed by atoms with E-state index in [1.807, 2.05) is 38.4 Å². The van der Waals surface area contributed by atoms with E-state index in [1.54, 1.807) is 6.07 Å². The smallest absolute Gasteiger partial charge is 0.161 e. The van der Waals surface area contributed by atoms with Crippen molar-refractivity contribution in [2.45, 2.75) is 140 Å². The number of benzene rings is 3. The van der Waals surface area contributed by atoms with Crippen LogP contribution < -0.4 is 21.1 Å². The van der Waals surface area contributed by atoms with Crippen LogP contribution in [-0.2, 0) is 32.3 Å². The summed E-state index contributed by atoms with van der Waals surface area (Å²) in [5.41, 5.74) is 15.1. The van der Waals surface area contributed by atoms with Crippen LogP contribution in [0.1, 0.15) is 140 Å². The molecule has 0 unspecified atom stereocenters. The number of aryl methyl sites for hydroxylation is 4. The summed E-state index contributed by atoms with van der Waals surface area (Å²) in [6.07, 6.45) is 18.5. The zero-order valence-electron chi connectivity index (χ0n) is 41.7. The number of aliphatic hydroxyl groups is 4. The number of likely N-dealkylation sites (N-methyl/N-ethyl adjacent to an activating group) is 1. The van der Waals surface area contributed by atoms with Crippen LogP contribution in [0.2, 0.25) is 0 Å². The molecule has 6 aromatic rings. The lowest BCUT2D eigenvalue weighted by Gasteiger charge is -2.41. The van der Waals surface area contributed by atoms with Crippen molar-refractivity contribution in [1.82, 2.24) is 20.6 Å². The largest absolute Gasteiger partial charge is 0.504 e. The van der Waals surface area contributed by atoms with E-state index >= 15 is 0 Å². The zero-order chi connectivity index (χ0) is 49.2. The highest BCUT2D eigenvalue weighted by Crippen LogP contribution is 2.49. The standard InChI is InChI=1S/C59H77N5O7/c1-34(66)30-63-53(31-61-2)58-42-8-5-7-37(42)14-20-50-48(58)29-52(64-50)55(68)33-70-57-25-36(12-21-54(57)67)10-15-41-26-40(32-65)56(71-41)9-4-3-6-35-11-16-44(49(60)24-35)46-19-18-43-45(59(46)69)17-13-38-28-51-39(22-23-62-51)27-47(38)43/h12-13,17-19,21-23,25-29,34-35,37,42,44,46,49,53,55,58-59,61-69H,3-11,14-16,20,24,30-33,60H2,1-2H3/t34-,35+,37+,42-,44-,46+,49+,53-,55-,58-,59-/m0/s1. The second kappa shape index (κ2) is 22.1. The predicted molar refractivity (Wildman–Crippen MR) is 280 cm³/mol. The van der Waals surface area contributed by atoms with Crippen LogP contribution in [0.25, 0.3) is 27.8 Å². The van der Waals surface area contributed by atoms with Crippen molar-refractivity contribution in [3.8, 4) is 11.5 Å². The normalized spacial score (nSPS) is 25.5. The third kappa shape index (κ3) is 10.8. The number of rotatable bonds is 20. The Morgan fingerprint density at radius 1 is 0.901 bits per heavy atom. The number of aliphatic hydroxyl groups excluding tert-OH is 4. The van der Waals surface area contributed by atoms with Gasteiger partial charge in [-0.05, 0) is 158 Å². The van der Waals surface area contributed by atoms with Gasteiger partial charge in [0.15, 0.2) is 11.5 Å². The Labute approximate surface area is 418 Å². The van der Waals surface area contributed by atoms with Crippen molar-refractivity contribution < 1.29 is 34.7 Å². The van der Waals surface area contributed by atoms with E-state index in [1.165, 1.54) is 46.7 Å². The second-order valence-electron chi connectivity index (χ2n) is 21.8. The Hall–Kier alpha value is -4.92. The molecule has 0 spiro atoms. The van der Waals surface area contributed by atoms with E-state index in [0.717, 1.165) is 109 Å². The Morgan fingerprint density at radius 3 is 2.62 bits per heavy atom. The maximum atomic E-state index is 11.7. The van der Waals surface area contributed by atoms with Gasteiger partial charge in [-0.2, -0.15) is 0 Å². The Kier molecular flexibility index (Phi) is 15.4. The van der Waals surface area contributed by atoms with Crippen molar-refractivity contribution in [3.63, 3.8) is 0 Å². The van der Waals surface area contributed by atoms with E-state index < -0.39 is 18.3 Å². The van der Waals surface area contributed by atoms with Gasteiger partial charge in [0.1, 0.15) is 24.2 Å². The van der Waals surface area contributed by atoms with Crippen LogP contribution in [0.4, 0.5) is 0 Å². The first-order chi connectivity index (χ1) is 34.5. The van der Waals surface area contributed by atoms with Crippen LogP contribution in [-0.4, -0.2) is 80.4 Å². The van der Waals surface area contributed by atoms with Crippen molar-refractivity contribution in [1.29, 1.82) is 0 Å². The molecule has 0 amide bonds. The number of nitrogens with one attached hydrogen (secondary N) is 4. The minimum absolute atomic E-state index is 0.00794. The van der Waals surface area contributed by atoms with E-state index in [4.69, 9.17) is 14.9 Å². The lowest BCUT2D eigenvalue weighted by Crippen LogP contribution is -2.47. The van der Waals surface area contributed by atoms with Gasteiger partial charge in [-0.1, -0.05) is 62.5 Å². The SMILES string of the molecule is CNC[C@H](NC[C@H](C)O)[C@@H]1c2cc([C@@H](O)COc3cc(CCc4cc(CO)c(CCCC[C@@H]5CC[C@@H]([C@H]6C=Cc7c(ccc8cc9[nH]ccc9cc78)[C@@H]6O)[C@H](N)C5)o4)ccc3O)[nH]c2CC[C@H]2CCC[C@@H]21. The molecular formula is C59H77N5O7. The number of hydrogen-bond acceptors (Lipinski definition) is 10. The summed E-state index contributed by atoms with van der Waals surface area (Å²) in [7, 11) is 1.98. The van der Waals surface area contributed by atoms with E-state index in [9.17, 15) is 25.5 Å². The summed E-state index contributed by atoms with van der Waals surface area (Å²) in [6.45, 7) is 3.04. The van der Waals surface area contributed by atoms with Crippen LogP contribution in [0.5, 0.6) is 11.5 Å². The summed E-state index contributed by atoms with van der Waals surface area (Å²) in [6, 6.07) is 20.4. The highest BCUT2D eigenvalue weighted by molar-refractivity contribution is 6.01. The molecule has 3 aromatic heterocycles. The molecule has 71 heavy (non-hydrogen) atoms. The lowest BCUT2D eigenvalue weighted by atomic mass is 9.67. The fourth-order valence-corrected chi connectivity index (χ4v) is 13.4. The zero-order valence-corrected chi connectivity index (χ0v) is 41.7. The molecule has 3 heterocycles. The van der Waals surface area contributed by atoms with Gasteiger partial charge in [0, 0.05) is 83.9 Å². The minimum Gasteiger partial charge on any atom is -0.504 e. The molecule has 4 aliphatic carbocycles. The number of phenolic OH excluding ortho intramolecular Hbond substituents is 1. The van der Waals surface area contributed by atoms with E-state index in [2.05, 4.69) is 69.2 Å². The summed E-state index contributed by atoms with van der Waals surface area (Å²) in [5, 5.41) is 65.0. The first kappa shape index (κ1) is 49.6. The topological polar surface area (TPSA) is 205 Å². The Balaban J connectivity index is 0.695. The van der Waals surface area contributed by atoms with E-state index in [0.29, 0.717) is 42.9 Å². The van der Waals surface area contributed by atoms with Crippen LogP contribution in [0, 0.1) is 29.6 Å². The van der Waals surface area contributed by atoms with Crippen LogP contribution >= 0.6 is 0 Å². The van der Waals surface area contributed by atoms with Gasteiger partial charge in [-0.15, -0.1) is 0 Å². The molecule has 10 rings (SSSR count). The Bertz CT molecular complexity index is 2770. The first-order valence-electron chi connectivity index (χ1n) is 26.8. The molecule has 0 aliphatic heterocycles. The van der Waals surface area contributed by atoms with Crippen LogP contribution in [0.3, 0.4) is 0 Å². The van der Waals surface area contributed by atoms with Gasteiger partial charge >= 0.3 is 0 Å². The fraction of sp³-hybridized carbons (Fsp3) is 0.525. The number of H-pyrrole nitrogens is 2. The maximum absolute atomic E-state index is 11.7. The van der Waals surface area contributed by atoms with Gasteiger partial charge in [0.2, 0.25) is 0 Å². The molecule has 0 radical (unpaired) electrons. The number of nitrogens with two attached hydrogens (primary N) is 1. The average Bonchev–Trinajstić information content (AvgIpc) is 4.19. The molecule has 4 aliphatic rings. The summed E-state index contributed by atoms with van der Waals surface area (Å²) in [5.74, 6) is 4.29. The van der Waals surface area contributed by atoms with Gasteiger partial charge < -0.3 is 61.0 Å². The fourth-order valence-electron chi connectivity index (χ4n) is 13.4. The lowest BCUT2D eigenvalue weighted by molar-refractivity contribution is 0.0653. The molecule has 0 saturated heterocycles. The molecule has 3 aromatic carbocycles. The molecule has 11 N–H and O–H groups in total. The molecule has 2 saturated carbocycles. The monoisotopic (exact) mass is 968 g/mol. The number of aromatic hydroxyl groups is 1. The second-order valence-corrected chi connectivity index (χ2v) is 21.8. The maximum Gasteiger partial charge on any atom is 0.161 e. The molecule has 2 fully saturated rings. The van der Waals surface area contributed by atoms with Crippen molar-refractivity contribution in [2.24, 2.45) is 35.3 Å². The number of furan rings is 1. The van der Waals surface area contributed by atoms with Gasteiger partial charge in [0.25, 0.3) is 0 Å². The summed E-state index contributed by atoms with van der Waals surface area (Å²) >= 11 is 0. The van der Waals surface area contributed by atoms with Gasteiger partial charge in [-0.25, -0.2) is 0 Å². The third-order valence-corrected chi connectivity index (χ3v) is 17.1. The number of unbranched alkanes of at least 4 members (excludes halogenated alkanes) is 1. The number of fused-ring (bicyclic) bond motifs is 6. The summed E-state index contributed by atoms with van der Waals surface area (Å²) in [4.78, 5) is 6.90. The summed E-state index contributed by atoms with van der Waals surface area (Å²) < 4.78 is 12.5. The van der Waals surface area contributed by atoms with Crippen molar-refractivity contribution >= 4 is 27.8 Å². The predicted octanol–water partition coefficient (Wildman–Crippen LogP) is 9.18. The number of hydrogen-bond donors (Lipinski definition) is 10. The van der Waals surface area contributed by atoms with Crippen molar-refractivity contribution in [3.05, 3.63) is 124 Å². The third-order valence-electron chi connectivity index (χ3n) is 17.1. The number of aromatic nitrogens is 2. The number of aromatic amines is 2. The van der Waals surface area contributed by atoms with Crippen molar-refractivity contribution in [2.75, 3.05) is 26.7 Å². The van der Waals surface area contributed by atoms with Crippen LogP contribution in [0.15, 0.2) is 77.4 Å². The molecular weight excluding hydrogens is 891 g/mol. The van der Waals surface area contributed by atoms with E-state index in [-0.39, 0.29) is 48.8 Å². The van der Waals surface area contributed by atoms with Gasteiger partial charge in [-0.3, -0.25) is 0 Å². The quantitative estimate of drug-likeness (QED) is 0.0329. The highest BCUT2D eigenvalue weighted by atomic mass is 16.5. The molecule has 380 valence electrons. The van der Waals surface area contributed by atoms with Gasteiger partial charge in [0.05, 0.1) is 18.8 Å².